The van der Waals surface area contributed by atoms with Crippen molar-refractivity contribution in [1.29, 1.82) is 0 Å². The average Bonchev–Trinajstić information content (AvgIpc) is 2.88. The highest BCUT2D eigenvalue weighted by atomic mass is 32.1. The molecule has 2 heterocycles. The smallest absolute Gasteiger partial charge is 0.357 e. The maximum atomic E-state index is 11.2. The third-order valence-corrected chi connectivity index (χ3v) is 3.11. The second-order valence-corrected chi connectivity index (χ2v) is 4.43. The van der Waals surface area contributed by atoms with Gasteiger partial charge in [-0.05, 0) is 18.1 Å². The number of ether oxygens (including phenoxy) is 1. The fraction of sp³-hybridized carbons (Fsp3) is 0.250. The minimum absolute atomic E-state index is 0.339. The first-order valence-electron chi connectivity index (χ1n) is 5.46. The van der Waals surface area contributed by atoms with Crippen molar-refractivity contribution >= 4 is 22.4 Å². The van der Waals surface area contributed by atoms with Gasteiger partial charge in [-0.15, -0.1) is 11.3 Å². The van der Waals surface area contributed by atoms with Gasteiger partial charge in [0.25, 0.3) is 0 Å². The Kier molecular flexibility index (Phi) is 4.25. The van der Waals surface area contributed by atoms with Crippen LogP contribution < -0.4 is 5.32 Å². The van der Waals surface area contributed by atoms with Gasteiger partial charge >= 0.3 is 5.97 Å². The maximum absolute atomic E-state index is 11.2. The van der Waals surface area contributed by atoms with Crippen LogP contribution in [0.2, 0.25) is 0 Å². The van der Waals surface area contributed by atoms with Crippen LogP contribution in [0.25, 0.3) is 0 Å². The van der Waals surface area contributed by atoms with Gasteiger partial charge < -0.3 is 10.1 Å². The fourth-order valence-corrected chi connectivity index (χ4v) is 2.12. The lowest BCUT2D eigenvalue weighted by molar-refractivity contribution is 0.0595. The Labute approximate surface area is 109 Å². The molecule has 0 saturated carbocycles. The minimum Gasteiger partial charge on any atom is -0.464 e. The van der Waals surface area contributed by atoms with E-state index in [4.69, 9.17) is 0 Å². The summed E-state index contributed by atoms with van der Waals surface area (Å²) in [7, 11) is 1.34. The van der Waals surface area contributed by atoms with Gasteiger partial charge in [0.1, 0.15) is 0 Å². The Morgan fingerprint density at radius 3 is 3.17 bits per heavy atom. The summed E-state index contributed by atoms with van der Waals surface area (Å²) in [6, 6.07) is 3.94. The third kappa shape index (κ3) is 3.27. The molecule has 1 N–H and O–H groups in total. The van der Waals surface area contributed by atoms with Crippen LogP contribution in [0.1, 0.15) is 16.1 Å². The van der Waals surface area contributed by atoms with Crippen molar-refractivity contribution in [3.8, 4) is 0 Å². The highest BCUT2D eigenvalue weighted by molar-refractivity contribution is 7.13. The molecule has 0 radical (unpaired) electrons. The zero-order chi connectivity index (χ0) is 12.8. The molecule has 0 saturated heterocycles. The Bertz CT molecular complexity index is 513. The lowest BCUT2D eigenvalue weighted by Gasteiger charge is -2.02. The standard InChI is InChI=1S/C12H13N3O2S/c1-17-11(16)10-8-18-12(15-10)14-6-4-9-3-2-5-13-7-9/h2-3,5,7-8H,4,6H2,1H3,(H,14,15). The molecule has 0 aliphatic carbocycles. The van der Waals surface area contributed by atoms with E-state index in [9.17, 15) is 4.79 Å². The largest absolute Gasteiger partial charge is 0.464 e. The molecular weight excluding hydrogens is 250 g/mol. The van der Waals surface area contributed by atoms with Gasteiger partial charge in [0, 0.05) is 24.3 Å². The number of carbonyl (C=O) groups excluding carboxylic acids is 1. The first-order chi connectivity index (χ1) is 8.79. The number of anilines is 1. The monoisotopic (exact) mass is 263 g/mol. The Hall–Kier alpha value is -1.95. The van der Waals surface area contributed by atoms with E-state index in [2.05, 4.69) is 20.0 Å². The van der Waals surface area contributed by atoms with E-state index in [1.54, 1.807) is 11.6 Å². The second kappa shape index (κ2) is 6.11. The molecule has 0 atom stereocenters. The van der Waals surface area contributed by atoms with Gasteiger partial charge in [-0.3, -0.25) is 4.98 Å². The van der Waals surface area contributed by atoms with Gasteiger partial charge in [-0.1, -0.05) is 6.07 Å². The lowest BCUT2D eigenvalue weighted by Crippen LogP contribution is -2.06. The van der Waals surface area contributed by atoms with Gasteiger partial charge in [-0.25, -0.2) is 9.78 Å². The van der Waals surface area contributed by atoms with Crippen LogP contribution in [0, 0.1) is 0 Å². The van der Waals surface area contributed by atoms with Gasteiger partial charge in [0.2, 0.25) is 0 Å². The molecule has 5 nitrogen and oxygen atoms in total. The zero-order valence-corrected chi connectivity index (χ0v) is 10.7. The quantitative estimate of drug-likeness (QED) is 0.836. The van der Waals surface area contributed by atoms with Crippen LogP contribution in [0.5, 0.6) is 0 Å². The van der Waals surface area contributed by atoms with Crippen molar-refractivity contribution in [1.82, 2.24) is 9.97 Å². The summed E-state index contributed by atoms with van der Waals surface area (Å²) in [5.74, 6) is -0.411. The third-order valence-electron chi connectivity index (χ3n) is 2.31. The summed E-state index contributed by atoms with van der Waals surface area (Å²) in [5.41, 5.74) is 1.50. The number of nitrogens with zero attached hydrogens (tertiary/aromatic N) is 2. The molecule has 0 aliphatic heterocycles. The Morgan fingerprint density at radius 1 is 1.56 bits per heavy atom. The molecule has 18 heavy (non-hydrogen) atoms. The first-order valence-corrected chi connectivity index (χ1v) is 6.34. The van der Waals surface area contributed by atoms with Crippen molar-refractivity contribution in [2.75, 3.05) is 19.0 Å². The van der Waals surface area contributed by atoms with Gasteiger partial charge in [0.05, 0.1) is 7.11 Å². The molecule has 2 aromatic rings. The molecule has 2 rings (SSSR count). The summed E-state index contributed by atoms with van der Waals surface area (Å²) in [6.45, 7) is 0.750. The molecule has 94 valence electrons. The van der Waals surface area contributed by atoms with Crippen LogP contribution in [0.4, 0.5) is 5.13 Å². The molecule has 0 fully saturated rings. The van der Waals surface area contributed by atoms with Crippen molar-refractivity contribution in [2.24, 2.45) is 0 Å². The molecule has 0 aliphatic rings. The van der Waals surface area contributed by atoms with Crippen molar-refractivity contribution < 1.29 is 9.53 Å². The summed E-state index contributed by atoms with van der Waals surface area (Å²) < 4.78 is 4.59. The van der Waals surface area contributed by atoms with Crippen LogP contribution in [0.15, 0.2) is 29.9 Å². The summed E-state index contributed by atoms with van der Waals surface area (Å²) >= 11 is 1.39. The molecule has 0 amide bonds. The Balaban J connectivity index is 1.84. The second-order valence-electron chi connectivity index (χ2n) is 3.57. The fourth-order valence-electron chi connectivity index (χ4n) is 1.41. The molecule has 0 aromatic carbocycles. The van der Waals surface area contributed by atoms with E-state index in [1.165, 1.54) is 18.4 Å². The number of thiazole rings is 1. The van der Waals surface area contributed by atoms with Crippen LogP contribution in [-0.4, -0.2) is 29.6 Å². The van der Waals surface area contributed by atoms with E-state index in [0.717, 1.165) is 23.7 Å². The number of rotatable bonds is 5. The number of pyridine rings is 1. The maximum Gasteiger partial charge on any atom is 0.357 e. The van der Waals surface area contributed by atoms with E-state index in [0.29, 0.717) is 5.69 Å². The number of hydrogen-bond acceptors (Lipinski definition) is 6. The van der Waals surface area contributed by atoms with Crippen molar-refractivity contribution in [3.63, 3.8) is 0 Å². The van der Waals surface area contributed by atoms with E-state index >= 15 is 0 Å². The summed E-state index contributed by atoms with van der Waals surface area (Å²) in [6.07, 6.45) is 4.45. The number of aromatic nitrogens is 2. The van der Waals surface area contributed by atoms with E-state index in [1.807, 2.05) is 18.3 Å². The molecule has 0 unspecified atom stereocenters. The van der Waals surface area contributed by atoms with E-state index < -0.39 is 5.97 Å². The van der Waals surface area contributed by atoms with Gasteiger partial charge in [0.15, 0.2) is 10.8 Å². The summed E-state index contributed by atoms with van der Waals surface area (Å²) in [5, 5.41) is 5.56. The first kappa shape index (κ1) is 12.5. The van der Waals surface area contributed by atoms with Gasteiger partial charge in [-0.2, -0.15) is 0 Å². The Morgan fingerprint density at radius 2 is 2.44 bits per heavy atom. The number of nitrogens with one attached hydrogen (secondary N) is 1. The normalized spacial score (nSPS) is 10.1. The molecule has 2 aromatic heterocycles. The number of methoxy groups -OCH3 is 1. The number of hydrogen-bond donors (Lipinski definition) is 1. The zero-order valence-electron chi connectivity index (χ0n) is 9.92. The van der Waals surface area contributed by atoms with Crippen molar-refractivity contribution in [3.05, 3.63) is 41.2 Å². The molecular formula is C12H13N3O2S. The molecule has 6 heteroatoms. The minimum atomic E-state index is -0.411. The average molecular weight is 263 g/mol. The van der Waals surface area contributed by atoms with Crippen LogP contribution >= 0.6 is 11.3 Å². The van der Waals surface area contributed by atoms with E-state index in [-0.39, 0.29) is 0 Å². The lowest BCUT2D eigenvalue weighted by atomic mass is 10.2. The number of esters is 1. The van der Waals surface area contributed by atoms with Crippen molar-refractivity contribution in [2.45, 2.75) is 6.42 Å². The van der Waals surface area contributed by atoms with Crippen LogP contribution in [-0.2, 0) is 11.2 Å². The molecule has 0 bridgehead atoms. The van der Waals surface area contributed by atoms with Crippen LogP contribution in [0.3, 0.4) is 0 Å². The predicted molar refractivity (Wildman–Crippen MR) is 69.9 cm³/mol. The summed E-state index contributed by atoms with van der Waals surface area (Å²) in [4.78, 5) is 19.4. The number of carbonyl (C=O) groups is 1. The molecule has 0 spiro atoms. The SMILES string of the molecule is COC(=O)c1csc(NCCc2cccnc2)n1. The topological polar surface area (TPSA) is 64.1 Å². The predicted octanol–water partition coefficient (Wildman–Crippen LogP) is 1.98. The highest BCUT2D eigenvalue weighted by Crippen LogP contribution is 2.15. The highest BCUT2D eigenvalue weighted by Gasteiger charge is 2.09.